The van der Waals surface area contributed by atoms with E-state index in [4.69, 9.17) is 5.11 Å². The smallest absolute Gasteiger partial charge is 0.211 e. The average molecular weight is 285 g/mol. The van der Waals surface area contributed by atoms with Crippen molar-refractivity contribution in [2.75, 3.05) is 12.4 Å². The average Bonchev–Trinajstić information content (AvgIpc) is 2.39. The normalized spacial score (nSPS) is 10.9. The fraction of sp³-hybridized carbons (Fsp3) is 0.385. The molecular formula is C13H16FNO3S. The molecule has 1 rings (SSSR count). The molecule has 0 saturated heterocycles. The minimum absolute atomic E-state index is 0.0304. The highest BCUT2D eigenvalue weighted by Gasteiger charge is 2.09. The van der Waals surface area contributed by atoms with Gasteiger partial charge >= 0.3 is 0 Å². The zero-order valence-electron chi connectivity index (χ0n) is 10.6. The molecule has 0 spiro atoms. The summed E-state index contributed by atoms with van der Waals surface area (Å²) in [7, 11) is -3.35. The van der Waals surface area contributed by atoms with E-state index in [0.29, 0.717) is 12.0 Å². The van der Waals surface area contributed by atoms with E-state index in [-0.39, 0.29) is 24.5 Å². The second-order valence-electron chi connectivity index (χ2n) is 3.81. The topological polar surface area (TPSA) is 66.4 Å². The second-order valence-corrected chi connectivity index (χ2v) is 5.90. The number of halogens is 1. The van der Waals surface area contributed by atoms with Gasteiger partial charge in [-0.05, 0) is 25.1 Å². The summed E-state index contributed by atoms with van der Waals surface area (Å²) < 4.78 is 38.4. The first kappa shape index (κ1) is 15.6. The fourth-order valence-corrected chi connectivity index (χ4v) is 1.88. The van der Waals surface area contributed by atoms with Crippen molar-refractivity contribution in [3.8, 4) is 11.8 Å². The summed E-state index contributed by atoms with van der Waals surface area (Å²) in [6.07, 6.45) is 0.342. The molecule has 6 heteroatoms. The number of benzene rings is 1. The molecule has 1 aromatic rings. The molecule has 0 atom stereocenters. The van der Waals surface area contributed by atoms with Gasteiger partial charge in [-0.3, -0.25) is 0 Å². The molecule has 2 N–H and O–H groups in total. The molecule has 104 valence electrons. The first-order valence-corrected chi connectivity index (χ1v) is 7.49. The zero-order chi connectivity index (χ0) is 14.3. The molecule has 0 aliphatic carbocycles. The van der Waals surface area contributed by atoms with Crippen LogP contribution in [0.5, 0.6) is 0 Å². The zero-order valence-corrected chi connectivity index (χ0v) is 11.4. The summed E-state index contributed by atoms with van der Waals surface area (Å²) >= 11 is 0. The standard InChI is InChI=1S/C13H16FNO3S/c1-2-19(17,18)15-10-12-9-11(5-3-4-8-16)6-7-13(12)14/h6-7,9,15-16H,2,4,8,10H2,1H3. The third-order valence-corrected chi connectivity index (χ3v) is 3.72. The Morgan fingerprint density at radius 3 is 2.79 bits per heavy atom. The highest BCUT2D eigenvalue weighted by atomic mass is 32.2. The highest BCUT2D eigenvalue weighted by Crippen LogP contribution is 2.10. The molecule has 0 fully saturated rings. The number of sulfonamides is 1. The van der Waals surface area contributed by atoms with E-state index in [1.807, 2.05) is 0 Å². The van der Waals surface area contributed by atoms with Gasteiger partial charge in [-0.2, -0.15) is 0 Å². The van der Waals surface area contributed by atoms with Crippen LogP contribution >= 0.6 is 0 Å². The lowest BCUT2D eigenvalue weighted by atomic mass is 10.1. The Bertz CT molecular complexity index is 588. The van der Waals surface area contributed by atoms with Crippen LogP contribution in [0.3, 0.4) is 0 Å². The summed E-state index contributed by atoms with van der Waals surface area (Å²) in [4.78, 5) is 0. The predicted molar refractivity (Wildman–Crippen MR) is 71.3 cm³/mol. The maximum absolute atomic E-state index is 13.5. The van der Waals surface area contributed by atoms with Crippen molar-refractivity contribution in [3.63, 3.8) is 0 Å². The Hall–Kier alpha value is -1.42. The number of hydrogen-bond donors (Lipinski definition) is 2. The second kappa shape index (κ2) is 7.24. The van der Waals surface area contributed by atoms with Gasteiger partial charge in [-0.1, -0.05) is 11.8 Å². The van der Waals surface area contributed by atoms with Crippen LogP contribution in [0.4, 0.5) is 4.39 Å². The van der Waals surface area contributed by atoms with Crippen LogP contribution in [0.25, 0.3) is 0 Å². The minimum Gasteiger partial charge on any atom is -0.395 e. The molecule has 0 aliphatic heterocycles. The van der Waals surface area contributed by atoms with Crippen molar-refractivity contribution >= 4 is 10.0 Å². The Kier molecular flexibility index (Phi) is 5.96. The van der Waals surface area contributed by atoms with Gasteiger partial charge < -0.3 is 5.11 Å². The van der Waals surface area contributed by atoms with Gasteiger partial charge in [0.15, 0.2) is 0 Å². The quantitative estimate of drug-likeness (QED) is 0.793. The van der Waals surface area contributed by atoms with E-state index in [1.54, 1.807) is 0 Å². The Balaban J connectivity index is 2.84. The summed E-state index contributed by atoms with van der Waals surface area (Å²) in [5.41, 5.74) is 0.827. The Morgan fingerprint density at radius 1 is 1.42 bits per heavy atom. The highest BCUT2D eigenvalue weighted by molar-refractivity contribution is 7.89. The van der Waals surface area contributed by atoms with Gasteiger partial charge in [0.05, 0.1) is 12.4 Å². The number of rotatable bonds is 5. The maximum atomic E-state index is 13.5. The molecule has 0 aliphatic rings. The lowest BCUT2D eigenvalue weighted by Gasteiger charge is -2.06. The molecule has 0 saturated carbocycles. The minimum atomic E-state index is -3.35. The third-order valence-electron chi connectivity index (χ3n) is 2.38. The Morgan fingerprint density at radius 2 is 2.16 bits per heavy atom. The number of aliphatic hydroxyl groups excluding tert-OH is 1. The Labute approximate surface area is 112 Å². The van der Waals surface area contributed by atoms with E-state index in [9.17, 15) is 12.8 Å². The van der Waals surface area contributed by atoms with E-state index in [1.165, 1.54) is 25.1 Å². The summed E-state index contributed by atoms with van der Waals surface area (Å²) in [6.45, 7) is 1.38. The first-order valence-electron chi connectivity index (χ1n) is 5.84. The van der Waals surface area contributed by atoms with Gasteiger partial charge in [0.25, 0.3) is 0 Å². The van der Waals surface area contributed by atoms with Gasteiger partial charge in [-0.15, -0.1) is 0 Å². The lowest BCUT2D eigenvalue weighted by Crippen LogP contribution is -2.25. The molecular weight excluding hydrogens is 269 g/mol. The van der Waals surface area contributed by atoms with Crippen molar-refractivity contribution in [2.24, 2.45) is 0 Å². The summed E-state index contributed by atoms with van der Waals surface area (Å²) in [5.74, 6) is 4.96. The van der Waals surface area contributed by atoms with Gasteiger partial charge in [0, 0.05) is 24.1 Å². The monoisotopic (exact) mass is 285 g/mol. The molecule has 0 heterocycles. The van der Waals surface area contributed by atoms with E-state index < -0.39 is 15.8 Å². The van der Waals surface area contributed by atoms with E-state index in [0.717, 1.165) is 0 Å². The number of hydrogen-bond acceptors (Lipinski definition) is 3. The van der Waals surface area contributed by atoms with Crippen molar-refractivity contribution in [1.29, 1.82) is 0 Å². The molecule has 4 nitrogen and oxygen atoms in total. The largest absolute Gasteiger partial charge is 0.395 e. The third kappa shape index (κ3) is 5.39. The van der Waals surface area contributed by atoms with Crippen LogP contribution in [0.1, 0.15) is 24.5 Å². The van der Waals surface area contributed by atoms with Crippen molar-refractivity contribution in [2.45, 2.75) is 19.9 Å². The van der Waals surface area contributed by atoms with Crippen molar-refractivity contribution in [3.05, 3.63) is 35.1 Å². The first-order chi connectivity index (χ1) is 8.98. The summed E-state index contributed by atoms with van der Waals surface area (Å²) in [5, 5.41) is 8.60. The summed E-state index contributed by atoms with van der Waals surface area (Å²) in [6, 6.07) is 4.26. The maximum Gasteiger partial charge on any atom is 0.211 e. The van der Waals surface area contributed by atoms with Crippen LogP contribution in [-0.2, 0) is 16.6 Å². The number of aliphatic hydroxyl groups is 1. The lowest BCUT2D eigenvalue weighted by molar-refractivity contribution is 0.305. The van der Waals surface area contributed by atoms with E-state index in [2.05, 4.69) is 16.6 Å². The van der Waals surface area contributed by atoms with Gasteiger partial charge in [0.1, 0.15) is 5.82 Å². The molecule has 0 aromatic heterocycles. The molecule has 0 bridgehead atoms. The SMILES string of the molecule is CCS(=O)(=O)NCc1cc(C#CCCO)ccc1F. The van der Waals surface area contributed by atoms with Crippen LogP contribution in [0.2, 0.25) is 0 Å². The van der Waals surface area contributed by atoms with Crippen LogP contribution in [0.15, 0.2) is 18.2 Å². The van der Waals surface area contributed by atoms with E-state index >= 15 is 0 Å². The fourth-order valence-electron chi connectivity index (χ4n) is 1.30. The van der Waals surface area contributed by atoms with Gasteiger partial charge in [0.2, 0.25) is 10.0 Å². The van der Waals surface area contributed by atoms with Crippen LogP contribution < -0.4 is 4.72 Å². The van der Waals surface area contributed by atoms with Crippen LogP contribution in [0, 0.1) is 17.7 Å². The van der Waals surface area contributed by atoms with Gasteiger partial charge in [-0.25, -0.2) is 17.5 Å². The molecule has 1 aromatic carbocycles. The van der Waals surface area contributed by atoms with Crippen molar-refractivity contribution < 1.29 is 17.9 Å². The predicted octanol–water partition coefficient (Wildman–Crippen LogP) is 0.999. The molecule has 0 unspecified atom stereocenters. The molecule has 19 heavy (non-hydrogen) atoms. The molecule has 0 amide bonds. The molecule has 0 radical (unpaired) electrons. The van der Waals surface area contributed by atoms with Crippen LogP contribution in [-0.4, -0.2) is 25.9 Å². The van der Waals surface area contributed by atoms with Crippen molar-refractivity contribution in [1.82, 2.24) is 4.72 Å². The number of nitrogens with one attached hydrogen (secondary N) is 1.